The van der Waals surface area contributed by atoms with E-state index in [1.54, 1.807) is 0 Å². The Bertz CT molecular complexity index is 182. The number of rotatable bonds is 1. The van der Waals surface area contributed by atoms with Gasteiger partial charge in [0, 0.05) is 23.6 Å². The molecule has 0 aromatic carbocycles. The molecule has 1 heterocycles. The van der Waals surface area contributed by atoms with Crippen LogP contribution in [0.3, 0.4) is 0 Å². The Hall–Kier alpha value is 0.180. The Balaban J connectivity index is 1.91. The van der Waals surface area contributed by atoms with Gasteiger partial charge in [-0.15, -0.1) is 0 Å². The summed E-state index contributed by atoms with van der Waals surface area (Å²) in [6.45, 7) is 2.43. The van der Waals surface area contributed by atoms with E-state index in [2.05, 4.69) is 26.9 Å². The summed E-state index contributed by atoms with van der Waals surface area (Å²) in [4.78, 5) is 2.64. The fourth-order valence-corrected chi connectivity index (χ4v) is 2.86. The first-order valence-electron chi connectivity index (χ1n) is 4.95. The van der Waals surface area contributed by atoms with E-state index in [0.29, 0.717) is 0 Å². The van der Waals surface area contributed by atoms with E-state index < -0.39 is 0 Å². The molecular formula is C10H16BrN. The molecule has 12 heavy (non-hydrogen) atoms. The fraction of sp³-hybridized carbons (Fsp3) is 0.800. The average Bonchev–Trinajstić information content (AvgIpc) is 2.56. The highest BCUT2D eigenvalue weighted by Gasteiger charge is 2.23. The van der Waals surface area contributed by atoms with E-state index in [9.17, 15) is 0 Å². The lowest BCUT2D eigenvalue weighted by atomic mass is 10.1. The third kappa shape index (κ3) is 1.91. The average molecular weight is 230 g/mol. The van der Waals surface area contributed by atoms with E-state index >= 15 is 0 Å². The molecule has 0 unspecified atom stereocenters. The molecular weight excluding hydrogens is 214 g/mol. The maximum absolute atomic E-state index is 3.60. The van der Waals surface area contributed by atoms with Crippen LogP contribution in [0.25, 0.3) is 0 Å². The van der Waals surface area contributed by atoms with Crippen molar-refractivity contribution in [2.45, 2.75) is 38.1 Å². The maximum Gasteiger partial charge on any atom is 0.0299 e. The minimum atomic E-state index is 0.895. The molecule has 2 heteroatoms. The van der Waals surface area contributed by atoms with Gasteiger partial charge in [0.15, 0.2) is 0 Å². The van der Waals surface area contributed by atoms with Gasteiger partial charge in [-0.25, -0.2) is 0 Å². The molecule has 0 spiro atoms. The van der Waals surface area contributed by atoms with Crippen LogP contribution in [0.4, 0.5) is 0 Å². The predicted octanol–water partition coefficient (Wildman–Crippen LogP) is 2.91. The first-order chi connectivity index (χ1) is 5.86. The summed E-state index contributed by atoms with van der Waals surface area (Å²) in [5.41, 5.74) is 0. The van der Waals surface area contributed by atoms with Crippen LogP contribution in [0, 0.1) is 0 Å². The minimum absolute atomic E-state index is 0.895. The molecule has 1 aliphatic heterocycles. The Kier molecular flexibility index (Phi) is 2.87. The zero-order chi connectivity index (χ0) is 8.39. The van der Waals surface area contributed by atoms with Crippen LogP contribution < -0.4 is 0 Å². The van der Waals surface area contributed by atoms with Crippen molar-refractivity contribution in [3.8, 4) is 0 Å². The summed E-state index contributed by atoms with van der Waals surface area (Å²) >= 11 is 3.60. The van der Waals surface area contributed by atoms with E-state index in [1.165, 1.54) is 43.1 Å². The normalized spacial score (nSPS) is 27.6. The second kappa shape index (κ2) is 3.93. The van der Waals surface area contributed by atoms with Crippen LogP contribution in [0.1, 0.15) is 32.1 Å². The summed E-state index contributed by atoms with van der Waals surface area (Å²) in [6, 6.07) is 0.895. The SMILES string of the molecule is BrC1=CCCN(C2CCCC2)C1. The molecule has 0 bridgehead atoms. The number of halogens is 1. The number of hydrogen-bond donors (Lipinski definition) is 0. The lowest BCUT2D eigenvalue weighted by Gasteiger charge is -2.30. The second-order valence-corrected chi connectivity index (χ2v) is 4.87. The molecule has 0 amide bonds. The fourth-order valence-electron chi connectivity index (χ4n) is 2.31. The van der Waals surface area contributed by atoms with Crippen molar-refractivity contribution in [2.24, 2.45) is 0 Å². The van der Waals surface area contributed by atoms with Gasteiger partial charge in [0.2, 0.25) is 0 Å². The first kappa shape index (κ1) is 8.76. The predicted molar refractivity (Wildman–Crippen MR) is 55.5 cm³/mol. The molecule has 2 aliphatic rings. The molecule has 1 aliphatic carbocycles. The third-order valence-electron chi connectivity index (χ3n) is 2.98. The first-order valence-corrected chi connectivity index (χ1v) is 5.74. The topological polar surface area (TPSA) is 3.24 Å². The molecule has 1 nitrogen and oxygen atoms in total. The van der Waals surface area contributed by atoms with Crippen LogP contribution in [-0.4, -0.2) is 24.0 Å². The van der Waals surface area contributed by atoms with E-state index in [-0.39, 0.29) is 0 Å². The van der Waals surface area contributed by atoms with E-state index in [1.807, 2.05) is 0 Å². The summed E-state index contributed by atoms with van der Waals surface area (Å²) in [7, 11) is 0. The summed E-state index contributed by atoms with van der Waals surface area (Å²) in [5.74, 6) is 0. The highest BCUT2D eigenvalue weighted by atomic mass is 79.9. The summed E-state index contributed by atoms with van der Waals surface area (Å²) in [5, 5.41) is 0. The van der Waals surface area contributed by atoms with Crippen LogP contribution in [0.15, 0.2) is 10.6 Å². The molecule has 2 rings (SSSR count). The maximum atomic E-state index is 3.60. The van der Waals surface area contributed by atoms with Gasteiger partial charge in [0.05, 0.1) is 0 Å². The van der Waals surface area contributed by atoms with Gasteiger partial charge >= 0.3 is 0 Å². The zero-order valence-electron chi connectivity index (χ0n) is 7.43. The molecule has 0 aromatic heterocycles. The molecule has 0 aromatic rings. The largest absolute Gasteiger partial charge is 0.295 e. The Labute approximate surface area is 82.9 Å². The van der Waals surface area contributed by atoms with Crippen LogP contribution >= 0.6 is 15.9 Å². The molecule has 1 saturated carbocycles. The van der Waals surface area contributed by atoms with Crippen molar-refractivity contribution >= 4 is 15.9 Å². The van der Waals surface area contributed by atoms with E-state index in [4.69, 9.17) is 0 Å². The highest BCUT2D eigenvalue weighted by Crippen LogP contribution is 2.27. The smallest absolute Gasteiger partial charge is 0.0299 e. The summed E-state index contributed by atoms with van der Waals surface area (Å²) < 4.78 is 1.39. The van der Waals surface area contributed by atoms with Crippen molar-refractivity contribution in [2.75, 3.05) is 13.1 Å². The van der Waals surface area contributed by atoms with Crippen molar-refractivity contribution in [3.63, 3.8) is 0 Å². The second-order valence-electron chi connectivity index (χ2n) is 3.85. The van der Waals surface area contributed by atoms with Crippen molar-refractivity contribution < 1.29 is 0 Å². The lowest BCUT2D eigenvalue weighted by Crippen LogP contribution is -2.36. The molecule has 0 radical (unpaired) electrons. The van der Waals surface area contributed by atoms with Gasteiger partial charge in [-0.3, -0.25) is 4.90 Å². The third-order valence-corrected chi connectivity index (χ3v) is 3.55. The Morgan fingerprint density at radius 2 is 2.08 bits per heavy atom. The quantitative estimate of drug-likeness (QED) is 0.669. The minimum Gasteiger partial charge on any atom is -0.295 e. The lowest BCUT2D eigenvalue weighted by molar-refractivity contribution is 0.215. The molecule has 0 saturated heterocycles. The van der Waals surface area contributed by atoms with Crippen LogP contribution in [0.2, 0.25) is 0 Å². The van der Waals surface area contributed by atoms with Crippen molar-refractivity contribution in [1.82, 2.24) is 4.90 Å². The number of hydrogen-bond acceptors (Lipinski definition) is 1. The van der Waals surface area contributed by atoms with Gasteiger partial charge in [-0.05, 0) is 19.3 Å². The Morgan fingerprint density at radius 1 is 1.33 bits per heavy atom. The zero-order valence-corrected chi connectivity index (χ0v) is 9.02. The van der Waals surface area contributed by atoms with Crippen molar-refractivity contribution in [1.29, 1.82) is 0 Å². The molecule has 68 valence electrons. The van der Waals surface area contributed by atoms with Gasteiger partial charge in [-0.1, -0.05) is 34.8 Å². The monoisotopic (exact) mass is 229 g/mol. The molecule has 1 fully saturated rings. The van der Waals surface area contributed by atoms with Crippen LogP contribution in [-0.2, 0) is 0 Å². The Morgan fingerprint density at radius 3 is 2.75 bits per heavy atom. The van der Waals surface area contributed by atoms with Gasteiger partial charge in [-0.2, -0.15) is 0 Å². The molecule has 0 atom stereocenters. The molecule has 0 N–H and O–H groups in total. The van der Waals surface area contributed by atoms with Crippen molar-refractivity contribution in [3.05, 3.63) is 10.6 Å². The van der Waals surface area contributed by atoms with Gasteiger partial charge in [0.1, 0.15) is 0 Å². The van der Waals surface area contributed by atoms with Gasteiger partial charge < -0.3 is 0 Å². The van der Waals surface area contributed by atoms with E-state index in [0.717, 1.165) is 12.6 Å². The van der Waals surface area contributed by atoms with Gasteiger partial charge in [0.25, 0.3) is 0 Å². The highest BCUT2D eigenvalue weighted by molar-refractivity contribution is 9.11. The standard InChI is InChI=1S/C10H16BrN/c11-9-4-3-7-12(8-9)10-5-1-2-6-10/h4,10H,1-3,5-8H2. The van der Waals surface area contributed by atoms with Crippen LogP contribution in [0.5, 0.6) is 0 Å². The number of nitrogens with zero attached hydrogens (tertiary/aromatic N) is 1. The summed E-state index contributed by atoms with van der Waals surface area (Å²) in [6.07, 6.45) is 9.30.